The highest BCUT2D eigenvalue weighted by molar-refractivity contribution is 6.74. The Morgan fingerprint density at radius 2 is 1.49 bits per heavy atom. The van der Waals surface area contributed by atoms with E-state index in [0.717, 1.165) is 33.8 Å². The summed E-state index contributed by atoms with van der Waals surface area (Å²) in [6.07, 6.45) is -9.45. The van der Waals surface area contributed by atoms with Crippen LogP contribution in [0.3, 0.4) is 0 Å². The number of nitro groups is 1. The molecule has 0 radical (unpaired) electrons. The van der Waals surface area contributed by atoms with E-state index in [1.807, 2.05) is 33.9 Å². The zero-order valence-corrected chi connectivity index (χ0v) is 30.2. The van der Waals surface area contributed by atoms with Crippen LogP contribution in [0.15, 0.2) is 28.4 Å². The van der Waals surface area contributed by atoms with E-state index in [4.69, 9.17) is 46.7 Å². The molecule has 1 aromatic rings. The summed E-state index contributed by atoms with van der Waals surface area (Å²) in [5, 5.41) is 11.2. The molecule has 0 aliphatic carbocycles. The minimum absolute atomic E-state index is 0.0310. The Labute approximate surface area is 284 Å². The van der Waals surface area contributed by atoms with Crippen LogP contribution in [0, 0.1) is 10.1 Å². The second-order valence-corrected chi connectivity index (χ2v) is 17.6. The Kier molecular flexibility index (Phi) is 13.1. The van der Waals surface area contributed by atoms with Crippen LogP contribution in [0.2, 0.25) is 18.1 Å². The minimum Gasteiger partial charge on any atom is -0.545 e. The fraction of sp³-hybridized carbons (Fsp3) is 0.677. The molecule has 49 heavy (non-hydrogen) atoms. The maximum absolute atomic E-state index is 12.4. The smallest absolute Gasteiger partial charge is 0.433 e. The van der Waals surface area contributed by atoms with Crippen molar-refractivity contribution in [3.05, 3.63) is 39.8 Å². The van der Waals surface area contributed by atoms with E-state index in [1.165, 1.54) is 6.07 Å². The number of furan rings is 1. The standard InChI is InChI=1S/C31H45NO16Si/c1-11-39-24-14-21(48-49(9,10)31(6,7)8)26(25(46-24)20-12-13-23(44-20)32(37)38)47-30-29(43-19(5)36)28(42-18(4)35)27(41-17(3)34)22(45-30)15-40-16(2)33/h12-14,22,24-30H,11,15H2,1-10H3/t22-,24+,25+,26+,27-,28+,29-,30+/m1/s1. The number of carbonyl (C=O) groups excluding carboxylic acids is 4. The van der Waals surface area contributed by atoms with Crippen LogP contribution in [0.5, 0.6) is 0 Å². The summed E-state index contributed by atoms with van der Waals surface area (Å²) in [6.45, 7) is 16.0. The first-order valence-corrected chi connectivity index (χ1v) is 18.5. The van der Waals surface area contributed by atoms with Crippen molar-refractivity contribution in [2.45, 2.75) is 123 Å². The van der Waals surface area contributed by atoms with Gasteiger partial charge in [-0.05, 0) is 31.1 Å². The summed E-state index contributed by atoms with van der Waals surface area (Å²) in [6, 6.07) is 2.48. The lowest BCUT2D eigenvalue weighted by molar-refractivity contribution is -0.402. The fourth-order valence-electron chi connectivity index (χ4n) is 4.82. The Balaban J connectivity index is 2.22. The lowest BCUT2D eigenvalue weighted by atomic mass is 9.97. The summed E-state index contributed by atoms with van der Waals surface area (Å²) in [5.41, 5.74) is 0. The van der Waals surface area contributed by atoms with E-state index in [2.05, 4.69) is 0 Å². The third kappa shape index (κ3) is 10.3. The number of ether oxygens (including phenoxy) is 8. The topological polar surface area (TPSA) is 208 Å². The van der Waals surface area contributed by atoms with E-state index in [1.54, 1.807) is 13.0 Å². The number of hydrogen-bond acceptors (Lipinski definition) is 16. The highest BCUT2D eigenvalue weighted by Gasteiger charge is 2.55. The van der Waals surface area contributed by atoms with Crippen molar-refractivity contribution in [3.63, 3.8) is 0 Å². The van der Waals surface area contributed by atoms with Crippen LogP contribution < -0.4 is 0 Å². The van der Waals surface area contributed by atoms with E-state index in [9.17, 15) is 29.3 Å². The van der Waals surface area contributed by atoms with Crippen LogP contribution >= 0.6 is 0 Å². The molecule has 2 aliphatic heterocycles. The van der Waals surface area contributed by atoms with Crippen LogP contribution in [0.25, 0.3) is 0 Å². The van der Waals surface area contributed by atoms with Gasteiger partial charge in [0, 0.05) is 40.4 Å². The quantitative estimate of drug-likeness (QED) is 0.0929. The van der Waals surface area contributed by atoms with Crippen molar-refractivity contribution in [2.24, 2.45) is 0 Å². The van der Waals surface area contributed by atoms with Gasteiger partial charge < -0.3 is 46.7 Å². The molecular formula is C31H45NO16Si. The summed E-state index contributed by atoms with van der Waals surface area (Å²) in [7, 11) is -2.65. The molecule has 3 heterocycles. The Hall–Kier alpha value is -3.84. The first kappa shape index (κ1) is 39.6. The van der Waals surface area contributed by atoms with Crippen molar-refractivity contribution in [2.75, 3.05) is 13.2 Å². The highest BCUT2D eigenvalue weighted by atomic mass is 28.4. The van der Waals surface area contributed by atoms with Crippen molar-refractivity contribution in [3.8, 4) is 0 Å². The van der Waals surface area contributed by atoms with Gasteiger partial charge in [-0.3, -0.25) is 29.3 Å². The molecule has 0 spiro atoms. The monoisotopic (exact) mass is 715 g/mol. The van der Waals surface area contributed by atoms with Gasteiger partial charge in [0.05, 0.1) is 6.07 Å². The Morgan fingerprint density at radius 3 is 2.00 bits per heavy atom. The van der Waals surface area contributed by atoms with E-state index in [0.29, 0.717) is 0 Å². The van der Waals surface area contributed by atoms with Gasteiger partial charge in [-0.2, -0.15) is 0 Å². The molecule has 0 unspecified atom stereocenters. The molecule has 1 fully saturated rings. The summed E-state index contributed by atoms with van der Waals surface area (Å²) in [4.78, 5) is 59.6. The average molecular weight is 716 g/mol. The Morgan fingerprint density at radius 1 is 0.898 bits per heavy atom. The van der Waals surface area contributed by atoms with Crippen molar-refractivity contribution < 1.29 is 70.8 Å². The molecule has 0 amide bonds. The largest absolute Gasteiger partial charge is 0.545 e. The predicted octanol–water partition coefficient (Wildman–Crippen LogP) is 4.00. The van der Waals surface area contributed by atoms with Gasteiger partial charge in [-0.1, -0.05) is 20.8 Å². The second-order valence-electron chi connectivity index (χ2n) is 12.9. The zero-order chi connectivity index (χ0) is 36.8. The molecule has 274 valence electrons. The van der Waals surface area contributed by atoms with E-state index < -0.39 is 98.8 Å². The fourth-order valence-corrected chi connectivity index (χ4v) is 5.90. The van der Waals surface area contributed by atoms with Gasteiger partial charge >= 0.3 is 29.8 Å². The molecule has 0 N–H and O–H groups in total. The van der Waals surface area contributed by atoms with E-state index in [-0.39, 0.29) is 23.2 Å². The van der Waals surface area contributed by atoms with Crippen LogP contribution in [-0.2, 0) is 61.5 Å². The Bertz CT molecular complexity index is 1400. The SMILES string of the molecule is CCO[C@@H]1C=C(O[Si](C)(C)C(C)(C)C)[C@H](O[C@@H]2O[C@H](COC(C)=O)[C@@H](OC(C)=O)[C@H](OC(C)=O)[C@H]2OC(C)=O)[C@H](c2ccc([N+](=O)[O-])o2)O1. The van der Waals surface area contributed by atoms with E-state index >= 15 is 0 Å². The average Bonchev–Trinajstić information content (AvgIpc) is 3.45. The lowest BCUT2D eigenvalue weighted by Gasteiger charge is -2.47. The number of carbonyl (C=O) groups is 4. The zero-order valence-electron chi connectivity index (χ0n) is 29.2. The van der Waals surface area contributed by atoms with Gasteiger partial charge in [0.25, 0.3) is 0 Å². The first-order valence-electron chi connectivity index (χ1n) is 15.6. The van der Waals surface area contributed by atoms with Gasteiger partial charge in [0.2, 0.25) is 8.32 Å². The summed E-state index contributed by atoms with van der Waals surface area (Å²) < 4.78 is 58.7. The van der Waals surface area contributed by atoms with Crippen LogP contribution in [-0.4, -0.2) is 93.4 Å². The number of hydrogen-bond donors (Lipinski definition) is 0. The highest BCUT2D eigenvalue weighted by Crippen LogP contribution is 2.44. The molecule has 8 atom stereocenters. The van der Waals surface area contributed by atoms with Gasteiger partial charge in [-0.15, -0.1) is 0 Å². The second kappa shape index (κ2) is 16.2. The molecule has 1 aromatic heterocycles. The minimum atomic E-state index is -2.65. The number of nitrogens with zero attached hydrogens (tertiary/aromatic N) is 1. The molecule has 18 heteroatoms. The van der Waals surface area contributed by atoms with Crippen molar-refractivity contribution in [1.29, 1.82) is 0 Å². The number of rotatable bonds is 13. The maximum Gasteiger partial charge on any atom is 0.433 e. The van der Waals surface area contributed by atoms with Gasteiger partial charge in [-0.25, -0.2) is 0 Å². The molecular weight excluding hydrogens is 670 g/mol. The lowest BCUT2D eigenvalue weighted by Crippen LogP contribution is -2.63. The van der Waals surface area contributed by atoms with Gasteiger partial charge in [0.15, 0.2) is 37.0 Å². The predicted molar refractivity (Wildman–Crippen MR) is 168 cm³/mol. The molecule has 2 aliphatic rings. The third-order valence-corrected chi connectivity index (χ3v) is 12.3. The molecule has 3 rings (SSSR count). The number of esters is 4. The van der Waals surface area contributed by atoms with Crippen LogP contribution in [0.4, 0.5) is 5.88 Å². The van der Waals surface area contributed by atoms with Gasteiger partial charge in [0.1, 0.15) is 35.3 Å². The van der Waals surface area contributed by atoms with Crippen LogP contribution in [0.1, 0.15) is 67.3 Å². The summed E-state index contributed by atoms with van der Waals surface area (Å²) >= 11 is 0. The molecule has 0 bridgehead atoms. The molecule has 0 saturated carbocycles. The maximum atomic E-state index is 12.4. The van der Waals surface area contributed by atoms with Crippen molar-refractivity contribution >= 4 is 38.1 Å². The molecule has 1 saturated heterocycles. The third-order valence-electron chi connectivity index (χ3n) is 7.95. The first-order chi connectivity index (χ1) is 22.7. The summed E-state index contributed by atoms with van der Waals surface area (Å²) in [5.74, 6) is -3.54. The van der Waals surface area contributed by atoms with Crippen molar-refractivity contribution in [1.82, 2.24) is 0 Å². The normalized spacial score (nSPS) is 27.3. The molecule has 0 aromatic carbocycles. The molecule has 17 nitrogen and oxygen atoms in total.